The Morgan fingerprint density at radius 3 is 2.44 bits per heavy atom. The highest BCUT2D eigenvalue weighted by atomic mass is 19.1. The monoisotopic (exact) mass is 229 g/mol. The zero-order chi connectivity index (χ0) is 12.1. The van der Waals surface area contributed by atoms with E-state index in [1.54, 1.807) is 0 Å². The predicted molar refractivity (Wildman–Crippen MR) is 53.1 cm³/mol. The summed E-state index contributed by atoms with van der Waals surface area (Å²) in [6.07, 6.45) is -0.275. The number of hydrogen-bond acceptors (Lipinski definition) is 4. The summed E-state index contributed by atoms with van der Waals surface area (Å²) in [6.45, 7) is 0. The Bertz CT molecular complexity index is 395. The van der Waals surface area contributed by atoms with Crippen molar-refractivity contribution in [3.63, 3.8) is 0 Å². The van der Waals surface area contributed by atoms with E-state index in [2.05, 4.69) is 0 Å². The van der Waals surface area contributed by atoms with E-state index in [0.29, 0.717) is 5.75 Å². The number of ether oxygens (including phenoxy) is 2. The van der Waals surface area contributed by atoms with E-state index in [0.717, 1.165) is 6.07 Å². The lowest BCUT2D eigenvalue weighted by Gasteiger charge is -2.10. The molecule has 0 atom stereocenters. The number of nitrogens with one attached hydrogen (secondary N) is 1. The Morgan fingerprint density at radius 2 is 1.94 bits per heavy atom. The topological polar surface area (TPSA) is 67.8 Å². The van der Waals surface area contributed by atoms with E-state index in [4.69, 9.17) is 14.7 Å². The van der Waals surface area contributed by atoms with E-state index in [9.17, 15) is 9.18 Å². The molecule has 0 heterocycles. The third kappa shape index (κ3) is 2.60. The summed E-state index contributed by atoms with van der Waals surface area (Å²) in [4.78, 5) is 10.9. The summed E-state index contributed by atoms with van der Waals surface area (Å²) in [6, 6.07) is 2.47. The van der Waals surface area contributed by atoms with Gasteiger partial charge in [-0.2, -0.15) is 0 Å². The summed E-state index contributed by atoms with van der Waals surface area (Å²) < 4.78 is 23.3. The van der Waals surface area contributed by atoms with Crippen molar-refractivity contribution in [3.8, 4) is 11.5 Å². The zero-order valence-corrected chi connectivity index (χ0v) is 8.91. The normalized spacial score (nSPS) is 9.75. The van der Waals surface area contributed by atoms with Gasteiger partial charge in [0.1, 0.15) is 5.82 Å². The second kappa shape index (κ2) is 5.32. The number of rotatable bonds is 4. The minimum atomic E-state index is -0.703. The first-order chi connectivity index (χ1) is 7.62. The predicted octanol–water partition coefficient (Wildman–Crippen LogP) is 0.891. The number of hydroxylamine groups is 1. The molecule has 0 unspecified atom stereocenters. The third-order valence-electron chi connectivity index (χ3n) is 2.03. The molecular weight excluding hydrogens is 217 g/mol. The molecule has 0 aliphatic rings. The van der Waals surface area contributed by atoms with Crippen molar-refractivity contribution in [1.82, 2.24) is 5.48 Å². The number of carbonyl (C=O) groups excluding carboxylic acids is 1. The lowest BCUT2D eigenvalue weighted by atomic mass is 10.1. The number of halogens is 1. The zero-order valence-electron chi connectivity index (χ0n) is 8.91. The second-order valence-electron chi connectivity index (χ2n) is 3.01. The molecular formula is C10H12FNO4. The Morgan fingerprint density at radius 1 is 1.38 bits per heavy atom. The highest BCUT2D eigenvalue weighted by Gasteiger charge is 2.13. The van der Waals surface area contributed by atoms with Crippen molar-refractivity contribution in [3.05, 3.63) is 23.5 Å². The molecule has 0 aliphatic heterocycles. The maximum Gasteiger partial charge on any atom is 0.247 e. The van der Waals surface area contributed by atoms with E-state index in [1.807, 2.05) is 0 Å². The van der Waals surface area contributed by atoms with Crippen LogP contribution in [0.2, 0.25) is 0 Å². The van der Waals surface area contributed by atoms with Crippen LogP contribution in [0.4, 0.5) is 4.39 Å². The Hall–Kier alpha value is -1.82. The van der Waals surface area contributed by atoms with Crippen LogP contribution in [0.5, 0.6) is 11.5 Å². The number of amides is 1. The van der Waals surface area contributed by atoms with Crippen molar-refractivity contribution in [1.29, 1.82) is 0 Å². The highest BCUT2D eigenvalue weighted by Crippen LogP contribution is 2.29. The van der Waals surface area contributed by atoms with Gasteiger partial charge in [0.15, 0.2) is 11.5 Å². The average Bonchev–Trinajstić information content (AvgIpc) is 2.30. The van der Waals surface area contributed by atoms with E-state index in [-0.39, 0.29) is 17.7 Å². The Labute approximate surface area is 91.7 Å². The molecule has 5 nitrogen and oxygen atoms in total. The van der Waals surface area contributed by atoms with Gasteiger partial charge in [0.2, 0.25) is 5.91 Å². The first-order valence-corrected chi connectivity index (χ1v) is 4.45. The molecule has 1 aromatic carbocycles. The summed E-state index contributed by atoms with van der Waals surface area (Å²) >= 11 is 0. The number of methoxy groups -OCH3 is 2. The first-order valence-electron chi connectivity index (χ1n) is 4.45. The van der Waals surface area contributed by atoms with Crippen molar-refractivity contribution < 1.29 is 23.9 Å². The van der Waals surface area contributed by atoms with Gasteiger partial charge in [0, 0.05) is 11.6 Å². The molecule has 0 saturated carbocycles. The van der Waals surface area contributed by atoms with Gasteiger partial charge in [-0.05, 0) is 6.07 Å². The third-order valence-corrected chi connectivity index (χ3v) is 2.03. The van der Waals surface area contributed by atoms with Crippen molar-refractivity contribution in [2.75, 3.05) is 14.2 Å². The highest BCUT2D eigenvalue weighted by molar-refractivity contribution is 5.77. The second-order valence-corrected chi connectivity index (χ2v) is 3.01. The van der Waals surface area contributed by atoms with Crippen LogP contribution in [0.1, 0.15) is 5.56 Å². The molecule has 1 aromatic rings. The summed E-state index contributed by atoms with van der Waals surface area (Å²) in [7, 11) is 2.79. The van der Waals surface area contributed by atoms with Crippen LogP contribution in [0.15, 0.2) is 12.1 Å². The van der Waals surface area contributed by atoms with Crippen LogP contribution < -0.4 is 15.0 Å². The molecule has 0 fully saturated rings. The van der Waals surface area contributed by atoms with Gasteiger partial charge in [-0.3, -0.25) is 10.0 Å². The minimum Gasteiger partial charge on any atom is -0.493 e. The maximum atomic E-state index is 13.5. The van der Waals surface area contributed by atoms with Gasteiger partial charge in [-0.25, -0.2) is 9.87 Å². The fourth-order valence-electron chi connectivity index (χ4n) is 1.24. The molecule has 6 heteroatoms. The van der Waals surface area contributed by atoms with Gasteiger partial charge in [0.25, 0.3) is 0 Å². The van der Waals surface area contributed by atoms with Gasteiger partial charge >= 0.3 is 0 Å². The molecule has 1 amide bonds. The van der Waals surface area contributed by atoms with E-state index in [1.165, 1.54) is 25.8 Å². The standard InChI is InChI=1S/C10H12FNO4/c1-15-8-3-6(4-10(13)12-14)7(11)5-9(8)16-2/h3,5,14H,4H2,1-2H3,(H,12,13). The molecule has 2 N–H and O–H groups in total. The molecule has 16 heavy (non-hydrogen) atoms. The summed E-state index contributed by atoms with van der Waals surface area (Å²) in [5, 5.41) is 8.34. The van der Waals surface area contributed by atoms with Crippen molar-refractivity contribution >= 4 is 5.91 Å². The molecule has 88 valence electrons. The summed E-state index contributed by atoms with van der Waals surface area (Å²) in [5.74, 6) is -0.731. The number of benzene rings is 1. The molecule has 0 saturated heterocycles. The van der Waals surface area contributed by atoms with Crippen molar-refractivity contribution in [2.45, 2.75) is 6.42 Å². The Balaban J connectivity index is 3.06. The van der Waals surface area contributed by atoms with Crippen LogP contribution in [-0.2, 0) is 11.2 Å². The minimum absolute atomic E-state index is 0.115. The molecule has 0 radical (unpaired) electrons. The van der Waals surface area contributed by atoms with Gasteiger partial charge in [0.05, 0.1) is 20.6 Å². The fourth-order valence-corrected chi connectivity index (χ4v) is 1.24. The van der Waals surface area contributed by atoms with Crippen LogP contribution in [0.25, 0.3) is 0 Å². The molecule has 0 spiro atoms. The van der Waals surface area contributed by atoms with Crippen LogP contribution in [-0.4, -0.2) is 25.3 Å². The maximum absolute atomic E-state index is 13.5. The molecule has 0 aliphatic carbocycles. The van der Waals surface area contributed by atoms with Gasteiger partial charge in [-0.1, -0.05) is 0 Å². The Kier molecular flexibility index (Phi) is 4.07. The number of carbonyl (C=O) groups is 1. The average molecular weight is 229 g/mol. The largest absolute Gasteiger partial charge is 0.493 e. The van der Waals surface area contributed by atoms with Crippen molar-refractivity contribution in [2.24, 2.45) is 0 Å². The fraction of sp³-hybridized carbons (Fsp3) is 0.300. The smallest absolute Gasteiger partial charge is 0.247 e. The first kappa shape index (κ1) is 12.3. The van der Waals surface area contributed by atoms with Gasteiger partial charge in [-0.15, -0.1) is 0 Å². The quantitative estimate of drug-likeness (QED) is 0.594. The van der Waals surface area contributed by atoms with E-state index >= 15 is 0 Å². The number of hydrogen-bond donors (Lipinski definition) is 2. The molecule has 0 aromatic heterocycles. The SMILES string of the molecule is COc1cc(F)c(CC(=O)NO)cc1OC. The van der Waals surface area contributed by atoms with Crippen LogP contribution in [0.3, 0.4) is 0 Å². The van der Waals surface area contributed by atoms with Crippen LogP contribution >= 0.6 is 0 Å². The lowest BCUT2D eigenvalue weighted by molar-refractivity contribution is -0.128. The lowest BCUT2D eigenvalue weighted by Crippen LogP contribution is -2.21. The molecule has 0 bridgehead atoms. The summed E-state index contributed by atoms with van der Waals surface area (Å²) in [5.41, 5.74) is 1.54. The van der Waals surface area contributed by atoms with Gasteiger partial charge < -0.3 is 9.47 Å². The molecule has 1 rings (SSSR count). The van der Waals surface area contributed by atoms with E-state index < -0.39 is 11.7 Å². The van der Waals surface area contributed by atoms with Crippen LogP contribution in [0, 0.1) is 5.82 Å².